The molecule has 1 aromatic rings. The van der Waals surface area contributed by atoms with Crippen LogP contribution in [-0.4, -0.2) is 23.6 Å². The molecule has 2 heterocycles. The van der Waals surface area contributed by atoms with Crippen molar-refractivity contribution >= 4 is 29.2 Å². The van der Waals surface area contributed by atoms with E-state index in [1.807, 2.05) is 18.2 Å². The van der Waals surface area contributed by atoms with E-state index in [0.717, 1.165) is 18.4 Å². The molecule has 1 saturated carbocycles. The van der Waals surface area contributed by atoms with Gasteiger partial charge in [-0.2, -0.15) is 0 Å². The molecule has 2 N–H and O–H groups in total. The summed E-state index contributed by atoms with van der Waals surface area (Å²) in [6, 6.07) is 9.10. The van der Waals surface area contributed by atoms with Gasteiger partial charge >= 0.3 is 0 Å². The van der Waals surface area contributed by atoms with Crippen molar-refractivity contribution in [2.75, 3.05) is 0 Å². The standard InChI is InChI=1S/C10H13NO2.C10H7NO2/c2*12-9-6-8(10(13)11-9)7-4-2-1-3-5-7/h6-7H,1-5H2,(H,11,12,13);1-6H,(H,11,12,13). The Bertz CT molecular complexity index is 802. The summed E-state index contributed by atoms with van der Waals surface area (Å²) in [6.07, 6.45) is 8.54. The van der Waals surface area contributed by atoms with E-state index in [0.29, 0.717) is 17.1 Å². The fourth-order valence-electron chi connectivity index (χ4n) is 3.39. The number of hydrogen-bond acceptors (Lipinski definition) is 4. The minimum atomic E-state index is -0.344. The lowest BCUT2D eigenvalue weighted by Gasteiger charge is -2.21. The van der Waals surface area contributed by atoms with E-state index in [9.17, 15) is 19.2 Å². The quantitative estimate of drug-likeness (QED) is 0.795. The molecule has 4 amide bonds. The van der Waals surface area contributed by atoms with Gasteiger partial charge in [0.25, 0.3) is 23.6 Å². The van der Waals surface area contributed by atoms with Gasteiger partial charge in [0.05, 0.1) is 5.57 Å². The number of amides is 4. The van der Waals surface area contributed by atoms with Crippen molar-refractivity contribution in [3.8, 4) is 0 Å². The number of rotatable bonds is 2. The minimum absolute atomic E-state index is 0.170. The molecule has 3 aliphatic rings. The molecule has 4 rings (SSSR count). The topological polar surface area (TPSA) is 92.3 Å². The zero-order valence-electron chi connectivity index (χ0n) is 14.3. The van der Waals surface area contributed by atoms with Crippen LogP contribution in [0.15, 0.2) is 48.1 Å². The van der Waals surface area contributed by atoms with Gasteiger partial charge in [-0.05, 0) is 24.3 Å². The molecule has 0 aromatic heterocycles. The first kappa shape index (κ1) is 17.8. The van der Waals surface area contributed by atoms with E-state index in [4.69, 9.17) is 0 Å². The van der Waals surface area contributed by atoms with Gasteiger partial charge in [-0.1, -0.05) is 49.6 Å². The lowest BCUT2D eigenvalue weighted by Crippen LogP contribution is -2.24. The Kier molecular flexibility index (Phi) is 5.41. The predicted octanol–water partition coefficient (Wildman–Crippen LogP) is 1.88. The fraction of sp³-hybridized carbons (Fsp3) is 0.300. The second-order valence-corrected chi connectivity index (χ2v) is 6.50. The molecule has 1 fully saturated rings. The summed E-state index contributed by atoms with van der Waals surface area (Å²) in [5, 5.41) is 4.49. The molecule has 6 heteroatoms. The number of carbonyl (C=O) groups excluding carboxylic acids is 4. The van der Waals surface area contributed by atoms with Crippen LogP contribution in [0.5, 0.6) is 0 Å². The Morgan fingerprint density at radius 2 is 1.35 bits per heavy atom. The third-order valence-corrected chi connectivity index (χ3v) is 4.67. The molecule has 0 saturated heterocycles. The van der Waals surface area contributed by atoms with Gasteiger partial charge in [0.1, 0.15) is 0 Å². The van der Waals surface area contributed by atoms with Crippen molar-refractivity contribution in [3.63, 3.8) is 0 Å². The molecule has 1 aliphatic carbocycles. The van der Waals surface area contributed by atoms with Crippen molar-refractivity contribution < 1.29 is 19.2 Å². The minimum Gasteiger partial charge on any atom is -0.289 e. The molecule has 2 aliphatic heterocycles. The lowest BCUT2D eigenvalue weighted by molar-refractivity contribution is -0.125. The molecular formula is C20H20N2O4. The molecule has 0 atom stereocenters. The number of imide groups is 2. The molecular weight excluding hydrogens is 332 g/mol. The van der Waals surface area contributed by atoms with Crippen LogP contribution in [0.1, 0.15) is 37.7 Å². The van der Waals surface area contributed by atoms with Gasteiger partial charge in [0, 0.05) is 17.7 Å². The highest BCUT2D eigenvalue weighted by molar-refractivity contribution is 6.33. The van der Waals surface area contributed by atoms with Crippen molar-refractivity contribution in [2.24, 2.45) is 5.92 Å². The Hall–Kier alpha value is -3.02. The van der Waals surface area contributed by atoms with Crippen LogP contribution < -0.4 is 10.6 Å². The largest absolute Gasteiger partial charge is 0.289 e. The van der Waals surface area contributed by atoms with Gasteiger partial charge < -0.3 is 0 Å². The van der Waals surface area contributed by atoms with Crippen LogP contribution >= 0.6 is 0 Å². The normalized spacial score (nSPS) is 20.0. The van der Waals surface area contributed by atoms with Crippen molar-refractivity contribution in [2.45, 2.75) is 32.1 Å². The lowest BCUT2D eigenvalue weighted by atomic mass is 9.84. The molecule has 134 valence electrons. The molecule has 0 bridgehead atoms. The Balaban J connectivity index is 0.000000151. The van der Waals surface area contributed by atoms with Crippen LogP contribution in [0.4, 0.5) is 0 Å². The average Bonchev–Trinajstić information content (AvgIpc) is 3.17. The predicted molar refractivity (Wildman–Crippen MR) is 95.4 cm³/mol. The van der Waals surface area contributed by atoms with Crippen molar-refractivity contribution in [3.05, 3.63) is 53.6 Å². The maximum Gasteiger partial charge on any atom is 0.258 e. The molecule has 0 radical (unpaired) electrons. The van der Waals surface area contributed by atoms with Gasteiger partial charge in [-0.25, -0.2) is 0 Å². The molecule has 6 nitrogen and oxygen atoms in total. The first-order valence-corrected chi connectivity index (χ1v) is 8.74. The van der Waals surface area contributed by atoms with E-state index in [1.165, 1.54) is 31.4 Å². The second-order valence-electron chi connectivity index (χ2n) is 6.50. The third kappa shape index (κ3) is 4.14. The number of carbonyl (C=O) groups is 4. The highest BCUT2D eigenvalue weighted by Gasteiger charge is 2.28. The maximum atomic E-state index is 11.3. The Morgan fingerprint density at radius 3 is 1.88 bits per heavy atom. The highest BCUT2D eigenvalue weighted by Crippen LogP contribution is 2.30. The number of nitrogens with one attached hydrogen (secondary N) is 2. The molecule has 26 heavy (non-hydrogen) atoms. The van der Waals surface area contributed by atoms with E-state index in [2.05, 4.69) is 10.6 Å². The molecule has 0 spiro atoms. The first-order valence-electron chi connectivity index (χ1n) is 8.74. The van der Waals surface area contributed by atoms with Crippen LogP contribution in [0.25, 0.3) is 5.57 Å². The van der Waals surface area contributed by atoms with Crippen molar-refractivity contribution in [1.29, 1.82) is 0 Å². The summed E-state index contributed by atoms with van der Waals surface area (Å²) in [7, 11) is 0. The van der Waals surface area contributed by atoms with Gasteiger partial charge in [-0.15, -0.1) is 0 Å². The van der Waals surface area contributed by atoms with Crippen LogP contribution in [0.3, 0.4) is 0 Å². The van der Waals surface area contributed by atoms with Crippen LogP contribution in [0.2, 0.25) is 0 Å². The van der Waals surface area contributed by atoms with E-state index in [1.54, 1.807) is 12.1 Å². The Morgan fingerprint density at radius 1 is 0.731 bits per heavy atom. The second kappa shape index (κ2) is 7.91. The third-order valence-electron chi connectivity index (χ3n) is 4.67. The SMILES string of the molecule is O=C1C=C(C2CCCCC2)C(=O)N1.O=C1C=C(c2ccccc2)C(=O)N1. The summed E-state index contributed by atoms with van der Waals surface area (Å²) >= 11 is 0. The Labute approximate surface area is 151 Å². The highest BCUT2D eigenvalue weighted by atomic mass is 16.2. The molecule has 0 unspecified atom stereocenters. The summed E-state index contributed by atoms with van der Waals surface area (Å²) in [5.41, 5.74) is 1.92. The van der Waals surface area contributed by atoms with E-state index in [-0.39, 0.29) is 23.6 Å². The summed E-state index contributed by atoms with van der Waals surface area (Å²) < 4.78 is 0. The van der Waals surface area contributed by atoms with Crippen LogP contribution in [0, 0.1) is 5.92 Å². The number of benzene rings is 1. The maximum absolute atomic E-state index is 11.3. The van der Waals surface area contributed by atoms with Crippen molar-refractivity contribution in [1.82, 2.24) is 10.6 Å². The first-order chi connectivity index (χ1) is 12.5. The molecule has 1 aromatic carbocycles. The van der Waals surface area contributed by atoms with E-state index < -0.39 is 0 Å². The number of hydrogen-bond donors (Lipinski definition) is 2. The summed E-state index contributed by atoms with van der Waals surface area (Å²) in [4.78, 5) is 44.2. The van der Waals surface area contributed by atoms with Gasteiger partial charge in [0.2, 0.25) is 0 Å². The van der Waals surface area contributed by atoms with E-state index >= 15 is 0 Å². The smallest absolute Gasteiger partial charge is 0.258 e. The fourth-order valence-corrected chi connectivity index (χ4v) is 3.39. The van der Waals surface area contributed by atoms with Gasteiger partial charge in [-0.3, -0.25) is 29.8 Å². The van der Waals surface area contributed by atoms with Gasteiger partial charge in [0.15, 0.2) is 0 Å². The monoisotopic (exact) mass is 352 g/mol. The summed E-state index contributed by atoms with van der Waals surface area (Å²) in [6.45, 7) is 0. The average molecular weight is 352 g/mol. The zero-order valence-corrected chi connectivity index (χ0v) is 14.3. The summed E-state index contributed by atoms with van der Waals surface area (Å²) in [5.74, 6) is -0.747. The zero-order chi connectivity index (χ0) is 18.5. The van der Waals surface area contributed by atoms with Crippen LogP contribution in [-0.2, 0) is 19.2 Å².